The van der Waals surface area contributed by atoms with E-state index in [0.717, 1.165) is 22.9 Å². The smallest absolute Gasteiger partial charge is 0.338 e. The number of carbonyl (C=O) groups is 2. The molecular weight excluding hydrogens is 442 g/mol. The van der Waals surface area contributed by atoms with Crippen LogP contribution in [0.15, 0.2) is 41.8 Å². The second kappa shape index (κ2) is 9.23. The lowest BCUT2D eigenvalue weighted by Gasteiger charge is -2.20. The molecular formula is C21H18ClN3O5S. The third-order valence-corrected chi connectivity index (χ3v) is 5.56. The lowest BCUT2D eigenvalue weighted by atomic mass is 10.1. The number of carbonyl (C=O) groups excluding carboxylic acids is 2. The Morgan fingerprint density at radius 3 is 2.61 bits per heavy atom. The largest absolute Gasteiger partial charge is 0.456 e. The Morgan fingerprint density at radius 1 is 1.23 bits per heavy atom. The summed E-state index contributed by atoms with van der Waals surface area (Å²) in [7, 11) is 0. The van der Waals surface area contributed by atoms with Crippen molar-refractivity contribution in [1.82, 2.24) is 4.98 Å². The molecule has 0 fully saturated rings. The van der Waals surface area contributed by atoms with Gasteiger partial charge in [-0.15, -0.1) is 11.3 Å². The number of nitro benzene ring substituents is 1. The van der Waals surface area contributed by atoms with Crippen LogP contribution in [0.4, 0.5) is 16.5 Å². The van der Waals surface area contributed by atoms with Crippen molar-refractivity contribution in [2.45, 2.75) is 27.4 Å². The van der Waals surface area contributed by atoms with Gasteiger partial charge in [0.15, 0.2) is 5.13 Å². The topological polar surface area (TPSA) is 103 Å². The van der Waals surface area contributed by atoms with Gasteiger partial charge in [-0.25, -0.2) is 9.78 Å². The second-order valence-electron chi connectivity index (χ2n) is 6.77. The summed E-state index contributed by atoms with van der Waals surface area (Å²) in [4.78, 5) is 40.8. The van der Waals surface area contributed by atoms with Gasteiger partial charge in [0, 0.05) is 18.4 Å². The van der Waals surface area contributed by atoms with Crippen molar-refractivity contribution in [3.05, 3.63) is 79.3 Å². The summed E-state index contributed by atoms with van der Waals surface area (Å²) in [5.74, 6) is -0.939. The highest BCUT2D eigenvalue weighted by Gasteiger charge is 2.21. The van der Waals surface area contributed by atoms with Crippen LogP contribution in [0.3, 0.4) is 0 Å². The zero-order chi connectivity index (χ0) is 22.7. The monoisotopic (exact) mass is 459 g/mol. The minimum atomic E-state index is -0.743. The zero-order valence-corrected chi connectivity index (χ0v) is 18.5. The summed E-state index contributed by atoms with van der Waals surface area (Å²) < 4.78 is 5.22. The summed E-state index contributed by atoms with van der Waals surface area (Å²) in [5, 5.41) is 13.1. The molecule has 1 aromatic heterocycles. The Morgan fingerprint density at radius 2 is 1.97 bits per heavy atom. The van der Waals surface area contributed by atoms with Gasteiger partial charge in [-0.2, -0.15) is 0 Å². The molecule has 1 heterocycles. The van der Waals surface area contributed by atoms with E-state index in [0.29, 0.717) is 10.8 Å². The molecule has 0 aliphatic heterocycles. The van der Waals surface area contributed by atoms with Gasteiger partial charge in [0.25, 0.3) is 5.69 Å². The number of amides is 1. The van der Waals surface area contributed by atoms with Crippen molar-refractivity contribution in [2.75, 3.05) is 4.90 Å². The first-order valence-corrected chi connectivity index (χ1v) is 10.4. The Hall–Kier alpha value is -3.30. The van der Waals surface area contributed by atoms with Gasteiger partial charge < -0.3 is 4.74 Å². The average molecular weight is 460 g/mol. The normalized spacial score (nSPS) is 10.6. The van der Waals surface area contributed by atoms with E-state index >= 15 is 0 Å². The fourth-order valence-electron chi connectivity index (χ4n) is 2.93. The quantitative estimate of drug-likeness (QED) is 0.279. The molecule has 0 bridgehead atoms. The minimum Gasteiger partial charge on any atom is -0.456 e. The number of thiazole rings is 1. The third-order valence-electron chi connectivity index (χ3n) is 4.37. The molecule has 2 aromatic carbocycles. The molecule has 0 aliphatic rings. The molecule has 0 N–H and O–H groups in total. The number of halogens is 1. The summed E-state index contributed by atoms with van der Waals surface area (Å²) >= 11 is 7.01. The molecule has 0 atom stereocenters. The van der Waals surface area contributed by atoms with Crippen molar-refractivity contribution < 1.29 is 19.2 Å². The van der Waals surface area contributed by atoms with E-state index in [1.165, 1.54) is 35.3 Å². The standard InChI is InChI=1S/C21H18ClN3O5S/c1-12-4-7-18(13(2)8-12)24(14(3)26)21-23-16(11-31-21)10-30-20(27)15-5-6-17(22)19(9-15)25(28)29/h4-9,11H,10H2,1-3H3. The van der Waals surface area contributed by atoms with Gasteiger partial charge in [-0.3, -0.25) is 19.8 Å². The van der Waals surface area contributed by atoms with Gasteiger partial charge in [0.2, 0.25) is 5.91 Å². The summed E-state index contributed by atoms with van der Waals surface area (Å²) in [6.07, 6.45) is 0. The highest BCUT2D eigenvalue weighted by molar-refractivity contribution is 7.14. The van der Waals surface area contributed by atoms with Crippen molar-refractivity contribution in [3.63, 3.8) is 0 Å². The lowest BCUT2D eigenvalue weighted by Crippen LogP contribution is -2.23. The Bertz CT molecular complexity index is 1180. The minimum absolute atomic E-state index is 0.00666. The van der Waals surface area contributed by atoms with Crippen LogP contribution in [0.2, 0.25) is 5.02 Å². The number of anilines is 2. The van der Waals surface area contributed by atoms with Crippen LogP contribution in [-0.4, -0.2) is 21.8 Å². The van der Waals surface area contributed by atoms with Crippen LogP contribution in [0.1, 0.15) is 34.1 Å². The maximum atomic E-state index is 12.3. The SMILES string of the molecule is CC(=O)N(c1nc(COC(=O)c2ccc(Cl)c([N+](=O)[O-])c2)cs1)c1ccc(C)cc1C. The van der Waals surface area contributed by atoms with E-state index < -0.39 is 10.9 Å². The van der Waals surface area contributed by atoms with Crippen LogP contribution in [0, 0.1) is 24.0 Å². The number of rotatable bonds is 6. The van der Waals surface area contributed by atoms with Crippen molar-refractivity contribution in [1.29, 1.82) is 0 Å². The van der Waals surface area contributed by atoms with E-state index in [1.54, 1.807) is 5.38 Å². The maximum absolute atomic E-state index is 12.3. The molecule has 160 valence electrons. The number of aryl methyl sites for hydroxylation is 2. The predicted octanol–water partition coefficient (Wildman–Crippen LogP) is 5.36. The molecule has 8 nitrogen and oxygen atoms in total. The summed E-state index contributed by atoms with van der Waals surface area (Å²) in [6, 6.07) is 9.44. The third kappa shape index (κ3) is 5.07. The fourth-order valence-corrected chi connectivity index (χ4v) is 3.98. The number of hydrogen-bond acceptors (Lipinski definition) is 7. The number of aromatic nitrogens is 1. The molecule has 0 saturated heterocycles. The van der Waals surface area contributed by atoms with Crippen molar-refractivity contribution in [3.8, 4) is 0 Å². The molecule has 3 aromatic rings. The van der Waals surface area contributed by atoms with Crippen LogP contribution in [-0.2, 0) is 16.1 Å². The average Bonchev–Trinajstić information content (AvgIpc) is 3.16. The lowest BCUT2D eigenvalue weighted by molar-refractivity contribution is -0.384. The fraction of sp³-hybridized carbons (Fsp3) is 0.190. The van der Waals surface area contributed by atoms with Gasteiger partial charge >= 0.3 is 5.97 Å². The predicted molar refractivity (Wildman–Crippen MR) is 118 cm³/mol. The van der Waals surface area contributed by atoms with Crippen LogP contribution >= 0.6 is 22.9 Å². The Labute approximate surface area is 187 Å². The molecule has 0 aliphatic carbocycles. The first kappa shape index (κ1) is 22.4. The van der Waals surface area contributed by atoms with E-state index in [-0.39, 0.29) is 28.8 Å². The molecule has 0 spiro atoms. The van der Waals surface area contributed by atoms with Crippen LogP contribution < -0.4 is 4.90 Å². The van der Waals surface area contributed by atoms with Gasteiger partial charge in [0.1, 0.15) is 11.6 Å². The van der Waals surface area contributed by atoms with Crippen molar-refractivity contribution in [2.24, 2.45) is 0 Å². The highest BCUT2D eigenvalue weighted by Crippen LogP contribution is 2.32. The molecule has 0 saturated carbocycles. The molecule has 10 heteroatoms. The zero-order valence-electron chi connectivity index (χ0n) is 16.9. The van der Waals surface area contributed by atoms with Gasteiger partial charge in [0.05, 0.1) is 21.9 Å². The summed E-state index contributed by atoms with van der Waals surface area (Å²) in [6.45, 7) is 5.19. The number of nitrogens with zero attached hydrogens (tertiary/aromatic N) is 3. The number of benzene rings is 2. The summed E-state index contributed by atoms with van der Waals surface area (Å²) in [5.41, 5.74) is 2.82. The first-order valence-electron chi connectivity index (χ1n) is 9.10. The Balaban J connectivity index is 1.76. The molecule has 0 unspecified atom stereocenters. The Kier molecular flexibility index (Phi) is 6.67. The van der Waals surface area contributed by atoms with E-state index in [9.17, 15) is 19.7 Å². The highest BCUT2D eigenvalue weighted by atomic mass is 35.5. The van der Waals surface area contributed by atoms with Crippen LogP contribution in [0.5, 0.6) is 0 Å². The number of ether oxygens (including phenoxy) is 1. The van der Waals surface area contributed by atoms with E-state index in [1.807, 2.05) is 32.0 Å². The van der Waals surface area contributed by atoms with E-state index in [2.05, 4.69) is 4.98 Å². The first-order chi connectivity index (χ1) is 14.7. The van der Waals surface area contributed by atoms with Crippen LogP contribution in [0.25, 0.3) is 0 Å². The van der Waals surface area contributed by atoms with Gasteiger partial charge in [-0.1, -0.05) is 29.3 Å². The number of hydrogen-bond donors (Lipinski definition) is 0. The molecule has 3 rings (SSSR count). The second-order valence-corrected chi connectivity index (χ2v) is 8.01. The van der Waals surface area contributed by atoms with E-state index in [4.69, 9.17) is 16.3 Å². The molecule has 0 radical (unpaired) electrons. The maximum Gasteiger partial charge on any atom is 0.338 e. The van der Waals surface area contributed by atoms with Crippen molar-refractivity contribution >= 4 is 51.3 Å². The molecule has 1 amide bonds. The van der Waals surface area contributed by atoms with Gasteiger partial charge in [-0.05, 0) is 37.6 Å². The molecule has 31 heavy (non-hydrogen) atoms. The number of nitro groups is 1. The number of esters is 1.